The maximum atomic E-state index is 13.4. The molecule has 0 radical (unpaired) electrons. The van der Waals surface area contributed by atoms with Crippen LogP contribution in [0, 0.1) is 5.92 Å². The molecule has 3 fully saturated rings. The number of aromatic nitrogens is 1. The number of hydrogen-bond acceptors (Lipinski definition) is 5. The van der Waals surface area contributed by atoms with Crippen LogP contribution >= 0.6 is 0 Å². The molecule has 6 nitrogen and oxygen atoms in total. The molecule has 7 rings (SSSR count). The van der Waals surface area contributed by atoms with Crippen LogP contribution in [0.3, 0.4) is 0 Å². The lowest BCUT2D eigenvalue weighted by molar-refractivity contribution is 0.0557. The monoisotopic (exact) mass is 388 g/mol. The molecule has 6 heteroatoms. The van der Waals surface area contributed by atoms with Crippen molar-refractivity contribution in [3.05, 3.63) is 59.0 Å². The highest BCUT2D eigenvalue weighted by molar-refractivity contribution is 6.08. The summed E-state index contributed by atoms with van der Waals surface area (Å²) in [4.78, 5) is 15.9. The number of hydrazine groups is 1. The molecule has 29 heavy (non-hydrogen) atoms. The fraction of sp³-hybridized carbons (Fsp3) is 0.348. The molecule has 3 saturated heterocycles. The second-order valence-corrected chi connectivity index (χ2v) is 8.31. The molecule has 2 aromatic carbocycles. The number of nitrogens with zero attached hydrogens (tertiary/aromatic N) is 3. The Labute approximate surface area is 169 Å². The third kappa shape index (κ3) is 2.48. The number of pyridine rings is 1. The number of fused-ring (bicyclic) bond motifs is 3. The molecule has 148 valence electrons. The number of hydrogen-bond donors (Lipinski definition) is 1. The first-order chi connectivity index (χ1) is 14.2. The molecule has 1 unspecified atom stereocenters. The van der Waals surface area contributed by atoms with Gasteiger partial charge in [0.05, 0.1) is 35.6 Å². The van der Waals surface area contributed by atoms with E-state index in [4.69, 9.17) is 4.74 Å². The summed E-state index contributed by atoms with van der Waals surface area (Å²) in [6.45, 7) is 3.32. The van der Waals surface area contributed by atoms with Gasteiger partial charge in [0.15, 0.2) is 0 Å². The fourth-order valence-corrected chi connectivity index (χ4v) is 5.28. The molecule has 1 N–H and O–H groups in total. The predicted molar refractivity (Wildman–Crippen MR) is 115 cm³/mol. The smallest absolute Gasteiger partial charge is 0.258 e. The molecule has 1 atom stereocenters. The molecule has 2 bridgehead atoms. The average Bonchev–Trinajstić information content (AvgIpc) is 3.16. The molecule has 3 aromatic rings. The van der Waals surface area contributed by atoms with Gasteiger partial charge in [-0.1, -0.05) is 6.07 Å². The lowest BCUT2D eigenvalue weighted by Gasteiger charge is -2.45. The van der Waals surface area contributed by atoms with Gasteiger partial charge in [-0.2, -0.15) is 0 Å². The van der Waals surface area contributed by atoms with Gasteiger partial charge in [0, 0.05) is 18.1 Å². The maximum absolute atomic E-state index is 13.4. The zero-order valence-electron chi connectivity index (χ0n) is 16.5. The Morgan fingerprint density at radius 2 is 1.86 bits per heavy atom. The first-order valence-corrected chi connectivity index (χ1v) is 10.3. The van der Waals surface area contributed by atoms with Crippen LogP contribution in [0.2, 0.25) is 0 Å². The summed E-state index contributed by atoms with van der Waals surface area (Å²) in [6, 6.07) is 14.2. The summed E-state index contributed by atoms with van der Waals surface area (Å²) in [5.41, 5.74) is 6.69. The van der Waals surface area contributed by atoms with Crippen molar-refractivity contribution >= 4 is 27.8 Å². The third-order valence-electron chi connectivity index (χ3n) is 6.83. The number of ether oxygens (including phenoxy) is 1. The van der Waals surface area contributed by atoms with Crippen molar-refractivity contribution in [1.82, 2.24) is 9.47 Å². The first kappa shape index (κ1) is 16.9. The predicted octanol–water partition coefficient (Wildman–Crippen LogP) is 3.76. The second kappa shape index (κ2) is 6.26. The van der Waals surface area contributed by atoms with Gasteiger partial charge in [-0.15, -0.1) is 0 Å². The van der Waals surface area contributed by atoms with Gasteiger partial charge in [-0.3, -0.25) is 15.2 Å². The van der Waals surface area contributed by atoms with Crippen molar-refractivity contribution in [2.24, 2.45) is 5.92 Å². The van der Waals surface area contributed by atoms with E-state index < -0.39 is 0 Å². The number of anilines is 3. The Balaban J connectivity index is 1.46. The number of rotatable bonds is 3. The van der Waals surface area contributed by atoms with Crippen LogP contribution < -0.4 is 20.7 Å². The average molecular weight is 388 g/mol. The van der Waals surface area contributed by atoms with E-state index in [2.05, 4.69) is 21.4 Å². The van der Waals surface area contributed by atoms with Crippen LogP contribution in [0.25, 0.3) is 10.8 Å². The van der Waals surface area contributed by atoms with Crippen LogP contribution in [0.1, 0.15) is 18.9 Å². The minimum atomic E-state index is 0.128. The molecule has 4 aliphatic rings. The van der Waals surface area contributed by atoms with Crippen molar-refractivity contribution in [1.29, 1.82) is 0 Å². The molecular weight excluding hydrogens is 364 g/mol. The summed E-state index contributed by atoms with van der Waals surface area (Å²) >= 11 is 0. The molecule has 4 aliphatic heterocycles. The van der Waals surface area contributed by atoms with Gasteiger partial charge in [0.1, 0.15) is 5.75 Å². The number of methoxy groups -OCH3 is 1. The standard InChI is InChI=1S/C23H24N4O2/c1-29-17-7-5-16(6-8-17)27-20-4-2-3-18-22(20)19(24-27)13-26(23(18)28)21-14-25-11-9-15(21)10-12-25/h2-8,13,15,21,24H,9-12,14H2,1H3. The van der Waals surface area contributed by atoms with Gasteiger partial charge >= 0.3 is 0 Å². The molecule has 0 spiro atoms. The van der Waals surface area contributed by atoms with Crippen molar-refractivity contribution in [2.45, 2.75) is 18.9 Å². The van der Waals surface area contributed by atoms with E-state index >= 15 is 0 Å². The highest BCUT2D eigenvalue weighted by Crippen LogP contribution is 2.43. The van der Waals surface area contributed by atoms with E-state index in [1.165, 1.54) is 25.9 Å². The summed E-state index contributed by atoms with van der Waals surface area (Å²) < 4.78 is 7.29. The largest absolute Gasteiger partial charge is 0.497 e. The van der Waals surface area contributed by atoms with Crippen molar-refractivity contribution in [3.63, 3.8) is 0 Å². The highest BCUT2D eigenvalue weighted by Gasteiger charge is 2.36. The van der Waals surface area contributed by atoms with E-state index in [0.717, 1.165) is 40.1 Å². The Morgan fingerprint density at radius 1 is 1.07 bits per heavy atom. The topological polar surface area (TPSA) is 49.7 Å². The molecular formula is C23H24N4O2. The minimum absolute atomic E-state index is 0.128. The Morgan fingerprint density at radius 3 is 2.55 bits per heavy atom. The van der Waals surface area contributed by atoms with Crippen LogP contribution in [0.15, 0.2) is 53.5 Å². The van der Waals surface area contributed by atoms with E-state index in [1.807, 2.05) is 47.2 Å². The van der Waals surface area contributed by atoms with Gasteiger partial charge in [0.2, 0.25) is 0 Å². The minimum Gasteiger partial charge on any atom is -0.497 e. The lowest BCUT2D eigenvalue weighted by atomic mass is 9.83. The van der Waals surface area contributed by atoms with Gasteiger partial charge < -0.3 is 14.2 Å². The molecule has 0 amide bonds. The number of benzene rings is 2. The van der Waals surface area contributed by atoms with E-state index in [9.17, 15) is 4.79 Å². The summed E-state index contributed by atoms with van der Waals surface area (Å²) in [6.07, 6.45) is 4.43. The van der Waals surface area contributed by atoms with Gasteiger partial charge in [0.25, 0.3) is 5.56 Å². The Hall–Kier alpha value is -2.99. The van der Waals surface area contributed by atoms with Crippen molar-refractivity contribution < 1.29 is 4.74 Å². The van der Waals surface area contributed by atoms with E-state index in [0.29, 0.717) is 5.92 Å². The molecule has 1 aromatic heterocycles. The molecule has 0 saturated carbocycles. The quantitative estimate of drug-likeness (QED) is 0.741. The van der Waals surface area contributed by atoms with Crippen LogP contribution in [-0.2, 0) is 0 Å². The normalized spacial score (nSPS) is 24.7. The van der Waals surface area contributed by atoms with Gasteiger partial charge in [-0.25, -0.2) is 0 Å². The zero-order chi connectivity index (χ0) is 19.5. The lowest BCUT2D eigenvalue weighted by Crippen LogP contribution is -2.49. The second-order valence-electron chi connectivity index (χ2n) is 8.31. The fourth-order valence-electron chi connectivity index (χ4n) is 5.28. The number of piperidine rings is 3. The summed E-state index contributed by atoms with van der Waals surface area (Å²) in [5.74, 6) is 1.43. The Bertz CT molecular complexity index is 1150. The van der Waals surface area contributed by atoms with Crippen molar-refractivity contribution in [3.8, 4) is 5.75 Å². The van der Waals surface area contributed by atoms with E-state index in [-0.39, 0.29) is 11.6 Å². The first-order valence-electron chi connectivity index (χ1n) is 10.3. The van der Waals surface area contributed by atoms with Gasteiger partial charge in [-0.05, 0) is 68.2 Å². The number of nitrogens with one attached hydrogen (secondary N) is 1. The highest BCUT2D eigenvalue weighted by atomic mass is 16.5. The molecule has 5 heterocycles. The van der Waals surface area contributed by atoms with E-state index in [1.54, 1.807) is 7.11 Å². The van der Waals surface area contributed by atoms with Crippen molar-refractivity contribution in [2.75, 3.05) is 37.2 Å². The Kier molecular flexibility index (Phi) is 3.65. The van der Waals surface area contributed by atoms with Crippen LogP contribution in [0.4, 0.5) is 17.1 Å². The zero-order valence-corrected chi connectivity index (χ0v) is 16.5. The van der Waals surface area contributed by atoms with Crippen LogP contribution in [-0.4, -0.2) is 36.2 Å². The third-order valence-corrected chi connectivity index (χ3v) is 6.83. The maximum Gasteiger partial charge on any atom is 0.258 e. The SMILES string of the molecule is COc1ccc(N2Nc3cn(C4CN5CCC4CC5)c(=O)c4cccc2c34)cc1. The molecule has 0 aliphatic carbocycles. The van der Waals surface area contributed by atoms with Crippen LogP contribution in [0.5, 0.6) is 5.75 Å². The summed E-state index contributed by atoms with van der Waals surface area (Å²) in [5, 5.41) is 3.85. The summed E-state index contributed by atoms with van der Waals surface area (Å²) in [7, 11) is 1.67.